The number of rotatable bonds is 3. The quantitative estimate of drug-likeness (QED) is 0.485. The van der Waals surface area contributed by atoms with E-state index in [-0.39, 0.29) is 0 Å². The fraction of sp³-hybridized carbons (Fsp3) is 0.250. The Labute approximate surface area is 158 Å². The average Bonchev–Trinajstić information content (AvgIpc) is 2.61. The Hall–Kier alpha value is -2.19. The van der Waals surface area contributed by atoms with Gasteiger partial charge < -0.3 is 0 Å². The van der Waals surface area contributed by atoms with Crippen LogP contribution in [0, 0.1) is 41.5 Å². The van der Waals surface area contributed by atoms with Gasteiger partial charge in [0.2, 0.25) is 0 Å². The molecule has 3 aromatic carbocycles. The van der Waals surface area contributed by atoms with E-state index in [2.05, 4.69) is 59.7 Å². The first kappa shape index (κ1) is 18.6. The average molecular weight is 364 g/mol. The van der Waals surface area contributed by atoms with Gasteiger partial charge >= 0.3 is 0 Å². The van der Waals surface area contributed by atoms with E-state index >= 15 is 0 Å². The standard InChI is InChI=1S/C24H27OS/c1-16-10-7-13-22(19(16)4)26(25,23-14-8-11-17(2)20(23)5)24-15-9-12-18(3)21(24)6/h7-15H,1-6H3/q+1. The van der Waals surface area contributed by atoms with E-state index in [1.807, 2.05) is 36.4 Å². The second-order valence-electron chi connectivity index (χ2n) is 7.15. The van der Waals surface area contributed by atoms with E-state index in [4.69, 9.17) is 0 Å². The first-order valence-electron chi connectivity index (χ1n) is 9.01. The van der Waals surface area contributed by atoms with Crippen LogP contribution in [0.15, 0.2) is 69.3 Å². The van der Waals surface area contributed by atoms with E-state index in [9.17, 15) is 4.21 Å². The molecule has 0 radical (unpaired) electrons. The lowest BCUT2D eigenvalue weighted by Gasteiger charge is -2.19. The van der Waals surface area contributed by atoms with Crippen molar-refractivity contribution < 1.29 is 4.21 Å². The lowest BCUT2D eigenvalue weighted by atomic mass is 10.1. The van der Waals surface area contributed by atoms with Crippen LogP contribution in [0.5, 0.6) is 0 Å². The molecule has 0 aliphatic rings. The van der Waals surface area contributed by atoms with Crippen molar-refractivity contribution >= 4 is 9.93 Å². The lowest BCUT2D eigenvalue weighted by molar-refractivity contribution is 0.582. The van der Waals surface area contributed by atoms with Crippen LogP contribution in [0.25, 0.3) is 0 Å². The highest BCUT2D eigenvalue weighted by Crippen LogP contribution is 2.42. The van der Waals surface area contributed by atoms with Crippen LogP contribution in [-0.2, 0) is 14.1 Å². The first-order chi connectivity index (χ1) is 12.3. The summed E-state index contributed by atoms with van der Waals surface area (Å²) in [7, 11) is -2.58. The van der Waals surface area contributed by atoms with E-state index in [0.717, 1.165) is 31.4 Å². The van der Waals surface area contributed by atoms with Crippen molar-refractivity contribution in [2.45, 2.75) is 56.2 Å². The molecule has 0 aliphatic heterocycles. The predicted octanol–water partition coefficient (Wildman–Crippen LogP) is 6.51. The van der Waals surface area contributed by atoms with Gasteiger partial charge in [0.15, 0.2) is 24.6 Å². The Balaban J connectivity index is 2.48. The minimum absolute atomic E-state index is 0.930. The number of aryl methyl sites for hydroxylation is 3. The molecule has 0 heterocycles. The highest BCUT2D eigenvalue weighted by Gasteiger charge is 2.42. The zero-order valence-electron chi connectivity index (χ0n) is 16.5. The molecule has 3 aromatic rings. The molecule has 0 saturated carbocycles. The van der Waals surface area contributed by atoms with Crippen LogP contribution in [0.4, 0.5) is 0 Å². The highest BCUT2D eigenvalue weighted by atomic mass is 32.2. The van der Waals surface area contributed by atoms with Crippen LogP contribution < -0.4 is 0 Å². The monoisotopic (exact) mass is 363 g/mol. The fourth-order valence-corrected chi connectivity index (χ4v) is 6.76. The maximum atomic E-state index is 14.9. The molecule has 0 spiro atoms. The van der Waals surface area contributed by atoms with E-state index in [0.29, 0.717) is 0 Å². The summed E-state index contributed by atoms with van der Waals surface area (Å²) in [5.74, 6) is 0. The Kier molecular flexibility index (Phi) is 4.90. The van der Waals surface area contributed by atoms with E-state index in [1.165, 1.54) is 16.7 Å². The third-order valence-electron chi connectivity index (χ3n) is 5.59. The highest BCUT2D eigenvalue weighted by molar-refractivity contribution is 8.03. The summed E-state index contributed by atoms with van der Waals surface area (Å²) in [4.78, 5) is 2.79. The van der Waals surface area contributed by atoms with Crippen molar-refractivity contribution in [1.29, 1.82) is 0 Å². The van der Waals surface area contributed by atoms with E-state index < -0.39 is 9.93 Å². The fourth-order valence-electron chi connectivity index (χ4n) is 3.46. The molecule has 0 unspecified atom stereocenters. The van der Waals surface area contributed by atoms with Gasteiger partial charge in [-0.05, 0) is 76.4 Å². The molecular weight excluding hydrogens is 336 g/mol. The summed E-state index contributed by atoms with van der Waals surface area (Å²) in [6.07, 6.45) is 0. The van der Waals surface area contributed by atoms with Gasteiger partial charge in [-0.2, -0.15) is 0 Å². The SMILES string of the molecule is Cc1cccc([S+](=O)(c2cccc(C)c2C)c2cccc(C)c2C)c1C. The third-order valence-corrected chi connectivity index (χ3v) is 8.78. The molecule has 0 fully saturated rings. The molecule has 0 aliphatic carbocycles. The second kappa shape index (κ2) is 6.85. The Bertz CT molecular complexity index is 898. The summed E-state index contributed by atoms with van der Waals surface area (Å²) in [5, 5.41) is 0. The second-order valence-corrected chi connectivity index (χ2v) is 9.58. The molecule has 0 saturated heterocycles. The molecule has 0 N–H and O–H groups in total. The van der Waals surface area contributed by atoms with Crippen molar-refractivity contribution in [3.05, 3.63) is 88.0 Å². The maximum Gasteiger partial charge on any atom is 0.183 e. The molecule has 0 atom stereocenters. The normalized spacial score (nSPS) is 11.6. The van der Waals surface area contributed by atoms with Crippen molar-refractivity contribution in [3.8, 4) is 0 Å². The van der Waals surface area contributed by atoms with Crippen LogP contribution in [0.3, 0.4) is 0 Å². The van der Waals surface area contributed by atoms with Crippen molar-refractivity contribution in [2.24, 2.45) is 0 Å². The van der Waals surface area contributed by atoms with Crippen LogP contribution in [0.1, 0.15) is 33.4 Å². The summed E-state index contributed by atoms with van der Waals surface area (Å²) >= 11 is 0. The van der Waals surface area contributed by atoms with Crippen molar-refractivity contribution in [2.75, 3.05) is 0 Å². The smallest absolute Gasteiger partial charge is 0.0875 e. The van der Waals surface area contributed by atoms with Gasteiger partial charge in [0.25, 0.3) is 0 Å². The first-order valence-corrected chi connectivity index (χ1v) is 10.6. The lowest BCUT2D eigenvalue weighted by Crippen LogP contribution is -2.18. The molecule has 0 amide bonds. The molecule has 1 nitrogen and oxygen atoms in total. The van der Waals surface area contributed by atoms with Gasteiger partial charge in [-0.3, -0.25) is 0 Å². The molecule has 134 valence electrons. The zero-order chi connectivity index (χ0) is 19.1. The minimum atomic E-state index is -2.58. The van der Waals surface area contributed by atoms with Gasteiger partial charge in [-0.1, -0.05) is 40.6 Å². The molecule has 3 rings (SSSR count). The largest absolute Gasteiger partial charge is 0.183 e. The molecule has 2 heteroatoms. The van der Waals surface area contributed by atoms with Gasteiger partial charge in [0, 0.05) is 16.7 Å². The maximum absolute atomic E-state index is 14.9. The predicted molar refractivity (Wildman–Crippen MR) is 111 cm³/mol. The molecule has 0 aromatic heterocycles. The van der Waals surface area contributed by atoms with Crippen LogP contribution in [0.2, 0.25) is 0 Å². The summed E-state index contributed by atoms with van der Waals surface area (Å²) in [5.41, 5.74) is 6.85. The van der Waals surface area contributed by atoms with Gasteiger partial charge in [-0.25, -0.2) is 0 Å². The van der Waals surface area contributed by atoms with Crippen molar-refractivity contribution in [3.63, 3.8) is 0 Å². The van der Waals surface area contributed by atoms with E-state index in [1.54, 1.807) is 0 Å². The Morgan fingerprint density at radius 1 is 0.500 bits per heavy atom. The third kappa shape index (κ3) is 2.83. The summed E-state index contributed by atoms with van der Waals surface area (Å²) in [6.45, 7) is 12.5. The Morgan fingerprint density at radius 2 is 0.769 bits per heavy atom. The van der Waals surface area contributed by atoms with Crippen molar-refractivity contribution in [1.82, 2.24) is 0 Å². The summed E-state index contributed by atoms with van der Waals surface area (Å²) in [6, 6.07) is 18.4. The topological polar surface area (TPSA) is 17.1 Å². The minimum Gasteiger partial charge on any atom is -0.0875 e. The summed E-state index contributed by atoms with van der Waals surface area (Å²) < 4.78 is 14.9. The molecular formula is C24H27OS+. The van der Waals surface area contributed by atoms with Gasteiger partial charge in [0.05, 0.1) is 0 Å². The number of hydrogen-bond acceptors (Lipinski definition) is 1. The number of hydrogen-bond donors (Lipinski definition) is 0. The zero-order valence-corrected chi connectivity index (χ0v) is 17.3. The Morgan fingerprint density at radius 3 is 1.04 bits per heavy atom. The van der Waals surface area contributed by atoms with Crippen LogP contribution in [-0.4, -0.2) is 0 Å². The van der Waals surface area contributed by atoms with Gasteiger partial charge in [0.1, 0.15) is 0 Å². The molecule has 0 bridgehead atoms. The van der Waals surface area contributed by atoms with Gasteiger partial charge in [-0.15, -0.1) is 0 Å². The van der Waals surface area contributed by atoms with Crippen LogP contribution >= 0.6 is 0 Å². The number of benzene rings is 3. The molecule has 26 heavy (non-hydrogen) atoms.